The molecule has 0 aliphatic rings. The summed E-state index contributed by atoms with van der Waals surface area (Å²) < 4.78 is 32.6. The maximum atomic E-state index is 13.3. The lowest BCUT2D eigenvalue weighted by Crippen LogP contribution is -2.43. The molecule has 0 saturated carbocycles. The van der Waals surface area contributed by atoms with Crippen molar-refractivity contribution in [2.75, 3.05) is 13.2 Å². The molecule has 1 heterocycles. The third-order valence-electron chi connectivity index (χ3n) is 4.77. The first-order chi connectivity index (χ1) is 13.7. The van der Waals surface area contributed by atoms with Crippen LogP contribution >= 0.6 is 0 Å². The number of nitrogens with one attached hydrogen (secondary N) is 1. The quantitative estimate of drug-likeness (QED) is 0.495. The van der Waals surface area contributed by atoms with Crippen LogP contribution in [0.5, 0.6) is 0 Å². The number of esters is 1. The zero-order valence-corrected chi connectivity index (χ0v) is 18.3. The van der Waals surface area contributed by atoms with Crippen LogP contribution in [-0.4, -0.2) is 48.7 Å². The van der Waals surface area contributed by atoms with Crippen molar-refractivity contribution in [2.45, 2.75) is 52.0 Å². The molecule has 2 rings (SSSR count). The second-order valence-corrected chi connectivity index (χ2v) is 8.71. The Morgan fingerprint density at radius 2 is 1.76 bits per heavy atom. The second-order valence-electron chi connectivity index (χ2n) is 6.81. The van der Waals surface area contributed by atoms with Gasteiger partial charge in [-0.25, -0.2) is 13.2 Å². The highest BCUT2D eigenvalue weighted by Gasteiger charge is 2.35. The van der Waals surface area contributed by atoms with Gasteiger partial charge >= 0.3 is 5.97 Å². The number of sulfonamides is 1. The average molecular weight is 421 g/mol. The highest BCUT2D eigenvalue weighted by molar-refractivity contribution is 7.89. The van der Waals surface area contributed by atoms with Crippen molar-refractivity contribution in [1.29, 1.82) is 0 Å². The van der Waals surface area contributed by atoms with Crippen LogP contribution in [-0.2, 0) is 14.8 Å². The Bertz CT molecular complexity index is 980. The van der Waals surface area contributed by atoms with E-state index in [0.29, 0.717) is 23.2 Å². The zero-order valence-electron chi connectivity index (χ0n) is 17.5. The Labute approximate surface area is 172 Å². The molecule has 0 amide bonds. The van der Waals surface area contributed by atoms with Crippen molar-refractivity contribution in [3.05, 3.63) is 52.8 Å². The van der Waals surface area contributed by atoms with E-state index in [2.05, 4.69) is 4.98 Å². The number of hydrogen-bond donors (Lipinski definition) is 1. The summed E-state index contributed by atoms with van der Waals surface area (Å²) in [4.78, 5) is 28.5. The number of carbonyl (C=O) groups is 2. The molecule has 1 unspecified atom stereocenters. The lowest BCUT2D eigenvalue weighted by atomic mass is 10.0. The molecule has 0 spiro atoms. The Balaban J connectivity index is 2.45. The monoisotopic (exact) mass is 420 g/mol. The third-order valence-corrected chi connectivity index (χ3v) is 6.75. The minimum atomic E-state index is -3.85. The minimum absolute atomic E-state index is 0.142. The predicted octanol–water partition coefficient (Wildman–Crippen LogP) is 3.48. The molecule has 0 fully saturated rings. The van der Waals surface area contributed by atoms with Crippen LogP contribution in [0.3, 0.4) is 0 Å². The molecule has 8 heteroatoms. The first-order valence-electron chi connectivity index (χ1n) is 9.64. The van der Waals surface area contributed by atoms with Gasteiger partial charge in [-0.2, -0.15) is 4.31 Å². The number of hydrogen-bond acceptors (Lipinski definition) is 5. The van der Waals surface area contributed by atoms with E-state index in [4.69, 9.17) is 4.74 Å². The summed E-state index contributed by atoms with van der Waals surface area (Å²) in [6.07, 6.45) is 0.558. The molecule has 7 nitrogen and oxygen atoms in total. The number of rotatable bonds is 9. The van der Waals surface area contributed by atoms with Crippen LogP contribution in [0.4, 0.5) is 0 Å². The Hall–Kier alpha value is -2.45. The zero-order chi connectivity index (χ0) is 21.8. The number of H-pyrrole nitrogens is 1. The molecule has 158 valence electrons. The Kier molecular flexibility index (Phi) is 7.37. The van der Waals surface area contributed by atoms with Gasteiger partial charge in [0.2, 0.25) is 10.0 Å². The van der Waals surface area contributed by atoms with Crippen molar-refractivity contribution < 1.29 is 22.7 Å². The number of carbonyl (C=O) groups excluding carboxylic acids is 2. The fraction of sp³-hybridized carbons (Fsp3) is 0.429. The molecule has 1 N–H and O–H groups in total. The van der Waals surface area contributed by atoms with Crippen molar-refractivity contribution in [1.82, 2.24) is 9.29 Å². The molecular formula is C21H28N2O5S. The number of aromatic amines is 1. The van der Waals surface area contributed by atoms with Crippen molar-refractivity contribution >= 4 is 21.8 Å². The molecule has 0 aliphatic heterocycles. The number of Topliss-reactive ketones (excluding diaryl/α,β-unsaturated/α-hetero) is 1. The van der Waals surface area contributed by atoms with Crippen molar-refractivity contribution in [3.8, 4) is 0 Å². The molecule has 0 bridgehead atoms. The van der Waals surface area contributed by atoms with Gasteiger partial charge < -0.3 is 9.72 Å². The highest BCUT2D eigenvalue weighted by Crippen LogP contribution is 2.25. The van der Waals surface area contributed by atoms with Gasteiger partial charge in [-0.1, -0.05) is 25.1 Å². The third kappa shape index (κ3) is 4.59. The smallest absolute Gasteiger partial charge is 0.355 e. The van der Waals surface area contributed by atoms with Gasteiger partial charge in [-0.3, -0.25) is 4.79 Å². The van der Waals surface area contributed by atoms with E-state index in [1.54, 1.807) is 45.9 Å². The van der Waals surface area contributed by atoms with Gasteiger partial charge in [0.05, 0.1) is 17.5 Å². The summed E-state index contributed by atoms with van der Waals surface area (Å²) in [6.45, 7) is 8.91. The average Bonchev–Trinajstić information content (AvgIpc) is 3.00. The van der Waals surface area contributed by atoms with Gasteiger partial charge in [0, 0.05) is 17.8 Å². The van der Waals surface area contributed by atoms with Crippen molar-refractivity contribution in [3.63, 3.8) is 0 Å². The maximum Gasteiger partial charge on any atom is 0.355 e. The highest BCUT2D eigenvalue weighted by atomic mass is 32.2. The summed E-state index contributed by atoms with van der Waals surface area (Å²) >= 11 is 0. The minimum Gasteiger partial charge on any atom is -0.461 e. The maximum absolute atomic E-state index is 13.3. The number of aromatic nitrogens is 1. The molecule has 1 atom stereocenters. The SMILES string of the molecule is CCCN(C(C)C(=O)c1c(C)[nH]c(C(=O)OCC)c1C)S(=O)(=O)c1ccccc1. The molecule has 0 radical (unpaired) electrons. The van der Waals surface area contributed by atoms with Crippen LogP contribution in [0.2, 0.25) is 0 Å². The summed E-state index contributed by atoms with van der Waals surface area (Å²) in [7, 11) is -3.85. The Morgan fingerprint density at radius 3 is 2.31 bits per heavy atom. The van der Waals surface area contributed by atoms with E-state index in [1.807, 2.05) is 6.92 Å². The summed E-state index contributed by atoms with van der Waals surface area (Å²) in [5.41, 5.74) is 1.51. The molecule has 1 aromatic heterocycles. The van der Waals surface area contributed by atoms with Gasteiger partial charge in [0.15, 0.2) is 5.78 Å². The predicted molar refractivity (Wildman–Crippen MR) is 111 cm³/mol. The molecule has 0 saturated heterocycles. The molecule has 29 heavy (non-hydrogen) atoms. The van der Waals surface area contributed by atoms with E-state index >= 15 is 0 Å². The van der Waals surface area contributed by atoms with E-state index in [9.17, 15) is 18.0 Å². The lowest BCUT2D eigenvalue weighted by molar-refractivity contribution is 0.0519. The van der Waals surface area contributed by atoms with E-state index in [-0.39, 0.29) is 29.5 Å². The second kappa shape index (κ2) is 9.37. The van der Waals surface area contributed by atoms with Crippen LogP contribution in [0.1, 0.15) is 59.3 Å². The first-order valence-corrected chi connectivity index (χ1v) is 11.1. The van der Waals surface area contributed by atoms with E-state index in [0.717, 1.165) is 0 Å². The molecule has 0 aliphatic carbocycles. The fourth-order valence-corrected chi connectivity index (χ4v) is 5.04. The van der Waals surface area contributed by atoms with Gasteiger partial charge in [0.1, 0.15) is 5.69 Å². The standard InChI is InChI=1S/C21H28N2O5S/c1-6-13-23(29(26,27)17-11-9-8-10-12-17)16(5)20(24)18-14(3)19(22-15(18)4)21(25)28-7-2/h8-12,16,22H,6-7,13H2,1-5H3. The normalized spacial score (nSPS) is 12.8. The van der Waals surface area contributed by atoms with Crippen LogP contribution < -0.4 is 0 Å². The number of aryl methyl sites for hydroxylation is 1. The van der Waals surface area contributed by atoms with Crippen LogP contribution in [0, 0.1) is 13.8 Å². The summed E-state index contributed by atoms with van der Waals surface area (Å²) in [6, 6.07) is 7.14. The first kappa shape index (κ1) is 22.8. The van der Waals surface area contributed by atoms with Crippen molar-refractivity contribution in [2.24, 2.45) is 0 Å². The fourth-order valence-electron chi connectivity index (χ4n) is 3.34. The van der Waals surface area contributed by atoms with E-state index < -0.39 is 22.0 Å². The van der Waals surface area contributed by atoms with E-state index in [1.165, 1.54) is 16.4 Å². The van der Waals surface area contributed by atoms with Gasteiger partial charge in [-0.05, 0) is 51.8 Å². The summed E-state index contributed by atoms with van der Waals surface area (Å²) in [5, 5.41) is 0. The van der Waals surface area contributed by atoms with Crippen LogP contribution in [0.15, 0.2) is 35.2 Å². The van der Waals surface area contributed by atoms with Gasteiger partial charge in [-0.15, -0.1) is 0 Å². The Morgan fingerprint density at radius 1 is 1.14 bits per heavy atom. The molecular weight excluding hydrogens is 392 g/mol. The molecule has 1 aromatic carbocycles. The number of benzene rings is 1. The van der Waals surface area contributed by atoms with Crippen LogP contribution in [0.25, 0.3) is 0 Å². The number of nitrogens with zero attached hydrogens (tertiary/aromatic N) is 1. The molecule has 2 aromatic rings. The summed E-state index contributed by atoms with van der Waals surface area (Å²) in [5.74, 6) is -0.901. The number of ether oxygens (including phenoxy) is 1. The van der Waals surface area contributed by atoms with Gasteiger partial charge in [0.25, 0.3) is 0 Å². The topological polar surface area (TPSA) is 96.5 Å². The lowest BCUT2D eigenvalue weighted by Gasteiger charge is -2.27. The largest absolute Gasteiger partial charge is 0.461 e. The number of ketones is 1.